The van der Waals surface area contributed by atoms with Crippen molar-refractivity contribution in [3.05, 3.63) is 23.5 Å². The molecular formula is C14H19F2NO3. The molecule has 1 aliphatic rings. The number of hydrogen-bond acceptors (Lipinski definition) is 4. The summed E-state index contributed by atoms with van der Waals surface area (Å²) < 4.78 is 41.4. The lowest BCUT2D eigenvalue weighted by molar-refractivity contribution is -0.295. The van der Waals surface area contributed by atoms with E-state index in [1.165, 1.54) is 0 Å². The highest BCUT2D eigenvalue weighted by Gasteiger charge is 2.38. The molecule has 20 heavy (non-hydrogen) atoms. The van der Waals surface area contributed by atoms with Gasteiger partial charge in [-0.15, -0.1) is 0 Å². The second-order valence-electron chi connectivity index (χ2n) is 5.00. The lowest BCUT2D eigenvalue weighted by Crippen LogP contribution is -2.48. The zero-order valence-electron chi connectivity index (χ0n) is 11.7. The third kappa shape index (κ3) is 3.24. The van der Waals surface area contributed by atoms with Crippen LogP contribution in [0.4, 0.5) is 8.78 Å². The van der Waals surface area contributed by atoms with Gasteiger partial charge < -0.3 is 14.2 Å². The van der Waals surface area contributed by atoms with Gasteiger partial charge >= 0.3 is 0 Å². The second kappa shape index (κ2) is 6.45. The first-order chi connectivity index (χ1) is 9.60. The molecule has 0 aliphatic carbocycles. The number of ether oxygens (including phenoxy) is 3. The number of pyridine rings is 1. The van der Waals surface area contributed by atoms with E-state index in [1.54, 1.807) is 12.3 Å². The Morgan fingerprint density at radius 2 is 1.95 bits per heavy atom. The van der Waals surface area contributed by atoms with Crippen LogP contribution in [-0.4, -0.2) is 43.9 Å². The fraction of sp³-hybridized carbons (Fsp3) is 0.643. The predicted octanol–water partition coefficient (Wildman–Crippen LogP) is 2.38. The molecule has 0 saturated carbocycles. The molecule has 0 atom stereocenters. The lowest BCUT2D eigenvalue weighted by Gasteiger charge is -2.36. The third-order valence-corrected chi connectivity index (χ3v) is 3.45. The maximum absolute atomic E-state index is 12.7. The molecule has 0 aromatic carbocycles. The van der Waals surface area contributed by atoms with E-state index >= 15 is 0 Å². The number of rotatable bonds is 5. The SMILES string of the molecule is Cc1nccc(OCC2COC(CF)(CF)OC2)c1C. The Hall–Kier alpha value is -1.27. The van der Waals surface area contributed by atoms with Gasteiger partial charge in [-0.2, -0.15) is 0 Å². The second-order valence-corrected chi connectivity index (χ2v) is 5.00. The van der Waals surface area contributed by atoms with Crippen LogP contribution < -0.4 is 4.74 Å². The number of alkyl halides is 2. The molecule has 1 saturated heterocycles. The molecule has 2 rings (SSSR count). The number of hydrogen-bond donors (Lipinski definition) is 0. The maximum atomic E-state index is 12.7. The average Bonchev–Trinajstić information content (AvgIpc) is 2.49. The summed E-state index contributed by atoms with van der Waals surface area (Å²) in [5.41, 5.74) is 1.89. The first-order valence-corrected chi connectivity index (χ1v) is 6.55. The van der Waals surface area contributed by atoms with Crippen LogP contribution in [0.3, 0.4) is 0 Å². The minimum absolute atomic E-state index is 0.0471. The van der Waals surface area contributed by atoms with E-state index in [0.29, 0.717) is 6.61 Å². The first-order valence-electron chi connectivity index (χ1n) is 6.55. The van der Waals surface area contributed by atoms with Crippen molar-refractivity contribution in [2.75, 3.05) is 33.2 Å². The highest BCUT2D eigenvalue weighted by Crippen LogP contribution is 2.25. The molecule has 1 fully saturated rings. The van der Waals surface area contributed by atoms with Gasteiger partial charge in [-0.05, 0) is 19.9 Å². The van der Waals surface area contributed by atoms with E-state index in [2.05, 4.69) is 4.98 Å². The maximum Gasteiger partial charge on any atom is 0.226 e. The summed E-state index contributed by atoms with van der Waals surface area (Å²) in [6, 6.07) is 1.79. The fourth-order valence-electron chi connectivity index (χ4n) is 1.90. The Morgan fingerprint density at radius 1 is 1.30 bits per heavy atom. The van der Waals surface area contributed by atoms with Crippen molar-refractivity contribution in [1.82, 2.24) is 4.98 Å². The molecule has 0 bridgehead atoms. The van der Waals surface area contributed by atoms with Crippen LogP contribution >= 0.6 is 0 Å². The molecule has 4 nitrogen and oxygen atoms in total. The molecule has 1 aromatic heterocycles. The van der Waals surface area contributed by atoms with Gasteiger partial charge in [0.1, 0.15) is 19.1 Å². The Morgan fingerprint density at radius 3 is 2.55 bits per heavy atom. The van der Waals surface area contributed by atoms with Gasteiger partial charge in [0.25, 0.3) is 0 Å². The van der Waals surface area contributed by atoms with Crippen molar-refractivity contribution in [1.29, 1.82) is 0 Å². The molecule has 1 aliphatic heterocycles. The smallest absolute Gasteiger partial charge is 0.226 e. The Labute approximate surface area is 117 Å². The van der Waals surface area contributed by atoms with Crippen molar-refractivity contribution in [2.24, 2.45) is 5.92 Å². The molecule has 0 amide bonds. The predicted molar refractivity (Wildman–Crippen MR) is 69.3 cm³/mol. The van der Waals surface area contributed by atoms with Gasteiger partial charge in [0.05, 0.1) is 19.8 Å². The Balaban J connectivity index is 1.86. The van der Waals surface area contributed by atoms with E-state index in [1.807, 2.05) is 13.8 Å². The van der Waals surface area contributed by atoms with E-state index in [9.17, 15) is 8.78 Å². The fourth-order valence-corrected chi connectivity index (χ4v) is 1.90. The van der Waals surface area contributed by atoms with Crippen LogP contribution in [0.25, 0.3) is 0 Å². The number of aryl methyl sites for hydroxylation is 1. The summed E-state index contributed by atoms with van der Waals surface area (Å²) in [6.45, 7) is 2.68. The van der Waals surface area contributed by atoms with Crippen molar-refractivity contribution in [3.8, 4) is 5.75 Å². The standard InChI is InChI=1S/C14H19F2NO3/c1-10-11(2)17-4-3-13(10)18-5-12-6-19-14(8-15,9-16)20-7-12/h3-4,12H,5-9H2,1-2H3. The highest BCUT2D eigenvalue weighted by atomic mass is 19.1. The Bertz CT molecular complexity index is 442. The average molecular weight is 287 g/mol. The van der Waals surface area contributed by atoms with Gasteiger partial charge in [-0.1, -0.05) is 0 Å². The van der Waals surface area contributed by atoms with Crippen LogP contribution in [0.5, 0.6) is 5.75 Å². The number of aromatic nitrogens is 1. The van der Waals surface area contributed by atoms with E-state index < -0.39 is 19.1 Å². The summed E-state index contributed by atoms with van der Waals surface area (Å²) >= 11 is 0. The monoisotopic (exact) mass is 287 g/mol. The van der Waals surface area contributed by atoms with Gasteiger partial charge in [0.2, 0.25) is 5.79 Å². The number of halogens is 2. The molecule has 1 aromatic rings. The number of nitrogens with zero attached hydrogens (tertiary/aromatic N) is 1. The topological polar surface area (TPSA) is 40.6 Å². The molecule has 0 N–H and O–H groups in total. The van der Waals surface area contributed by atoms with Gasteiger partial charge in [0, 0.05) is 23.4 Å². The van der Waals surface area contributed by atoms with E-state index in [-0.39, 0.29) is 19.1 Å². The van der Waals surface area contributed by atoms with Crippen LogP contribution in [0, 0.1) is 19.8 Å². The summed E-state index contributed by atoms with van der Waals surface area (Å²) in [7, 11) is 0. The lowest BCUT2D eigenvalue weighted by atomic mass is 10.1. The molecule has 2 heterocycles. The molecule has 112 valence electrons. The van der Waals surface area contributed by atoms with E-state index in [0.717, 1.165) is 17.0 Å². The summed E-state index contributed by atoms with van der Waals surface area (Å²) in [5, 5.41) is 0. The Kier molecular flexibility index (Phi) is 4.88. The van der Waals surface area contributed by atoms with Gasteiger partial charge in [-0.25, -0.2) is 8.78 Å². The summed E-state index contributed by atoms with van der Waals surface area (Å²) in [4.78, 5) is 4.16. The normalized spacial score (nSPS) is 19.0. The quantitative estimate of drug-likeness (QED) is 0.833. The minimum Gasteiger partial charge on any atom is -0.493 e. The van der Waals surface area contributed by atoms with Crippen LogP contribution in [-0.2, 0) is 9.47 Å². The minimum atomic E-state index is -1.71. The van der Waals surface area contributed by atoms with Crippen LogP contribution in [0.15, 0.2) is 12.3 Å². The third-order valence-electron chi connectivity index (χ3n) is 3.45. The molecule has 0 spiro atoms. The zero-order valence-corrected chi connectivity index (χ0v) is 11.7. The highest BCUT2D eigenvalue weighted by molar-refractivity contribution is 5.33. The van der Waals surface area contributed by atoms with Crippen LogP contribution in [0.2, 0.25) is 0 Å². The van der Waals surface area contributed by atoms with Crippen molar-refractivity contribution in [2.45, 2.75) is 19.6 Å². The first kappa shape index (κ1) is 15.1. The van der Waals surface area contributed by atoms with Gasteiger partial charge in [-0.3, -0.25) is 4.98 Å². The van der Waals surface area contributed by atoms with E-state index in [4.69, 9.17) is 14.2 Å². The largest absolute Gasteiger partial charge is 0.493 e. The molecular weight excluding hydrogens is 268 g/mol. The van der Waals surface area contributed by atoms with Crippen molar-refractivity contribution in [3.63, 3.8) is 0 Å². The summed E-state index contributed by atoms with van der Waals surface area (Å²) in [6.07, 6.45) is 1.68. The zero-order chi connectivity index (χ0) is 14.6. The molecule has 0 radical (unpaired) electrons. The van der Waals surface area contributed by atoms with Gasteiger partial charge in [0.15, 0.2) is 0 Å². The molecule has 6 heteroatoms. The van der Waals surface area contributed by atoms with Crippen molar-refractivity contribution >= 4 is 0 Å². The molecule has 0 unspecified atom stereocenters. The summed E-state index contributed by atoms with van der Waals surface area (Å²) in [5.74, 6) is -1.00. The van der Waals surface area contributed by atoms with Crippen molar-refractivity contribution < 1.29 is 23.0 Å². The van der Waals surface area contributed by atoms with Crippen LogP contribution in [0.1, 0.15) is 11.3 Å².